The molecule has 0 fully saturated rings. The first kappa shape index (κ1) is 13.6. The van der Waals surface area contributed by atoms with E-state index in [-0.39, 0.29) is 5.41 Å². The summed E-state index contributed by atoms with van der Waals surface area (Å²) in [6.45, 7) is 7.14. The van der Waals surface area contributed by atoms with Crippen molar-refractivity contribution >= 4 is 0 Å². The van der Waals surface area contributed by atoms with E-state index in [1.54, 1.807) is 0 Å². The van der Waals surface area contributed by atoms with E-state index in [9.17, 15) is 0 Å². The van der Waals surface area contributed by atoms with Crippen molar-refractivity contribution in [2.75, 3.05) is 6.61 Å². The van der Waals surface area contributed by atoms with Gasteiger partial charge in [0.2, 0.25) is 0 Å². The predicted octanol–water partition coefficient (Wildman–Crippen LogP) is 4.17. The third kappa shape index (κ3) is 4.15. The molecule has 0 bridgehead atoms. The van der Waals surface area contributed by atoms with E-state index in [0.29, 0.717) is 6.61 Å². The van der Waals surface area contributed by atoms with Gasteiger partial charge in [-0.3, -0.25) is 0 Å². The van der Waals surface area contributed by atoms with Gasteiger partial charge in [-0.15, -0.1) is 6.42 Å². The van der Waals surface area contributed by atoms with E-state index >= 15 is 0 Å². The number of rotatable bonds is 6. The zero-order valence-electron chi connectivity index (χ0n) is 11.1. The molecule has 1 heteroatoms. The molecule has 92 valence electrons. The van der Waals surface area contributed by atoms with Crippen LogP contribution in [-0.2, 0) is 5.41 Å². The molecule has 1 nitrogen and oxygen atoms in total. The molecule has 0 spiro atoms. The lowest BCUT2D eigenvalue weighted by Gasteiger charge is -2.25. The number of benzene rings is 1. The summed E-state index contributed by atoms with van der Waals surface area (Å²) in [6, 6.07) is 8.28. The van der Waals surface area contributed by atoms with Gasteiger partial charge in [-0.2, -0.15) is 0 Å². The maximum absolute atomic E-state index is 5.37. The topological polar surface area (TPSA) is 9.23 Å². The van der Waals surface area contributed by atoms with E-state index in [2.05, 4.69) is 38.8 Å². The van der Waals surface area contributed by atoms with Gasteiger partial charge in [0, 0.05) is 0 Å². The van der Waals surface area contributed by atoms with E-state index in [1.165, 1.54) is 24.8 Å². The Morgan fingerprint density at radius 3 is 2.41 bits per heavy atom. The van der Waals surface area contributed by atoms with Crippen molar-refractivity contribution < 1.29 is 4.74 Å². The Labute approximate surface area is 105 Å². The van der Waals surface area contributed by atoms with Gasteiger partial charge in [-0.05, 0) is 29.5 Å². The molecular weight excluding hydrogens is 208 g/mol. The SMILES string of the molecule is C#CCOc1ccc(C(C)(C)CCCC)cc1. The fourth-order valence-corrected chi connectivity index (χ4v) is 1.89. The van der Waals surface area contributed by atoms with Crippen LogP contribution in [0.2, 0.25) is 0 Å². The first-order valence-electron chi connectivity index (χ1n) is 6.27. The Balaban J connectivity index is 2.69. The van der Waals surface area contributed by atoms with Gasteiger partial charge >= 0.3 is 0 Å². The van der Waals surface area contributed by atoms with Crippen LogP contribution in [0.25, 0.3) is 0 Å². The van der Waals surface area contributed by atoms with Gasteiger partial charge in [-0.25, -0.2) is 0 Å². The summed E-state index contributed by atoms with van der Waals surface area (Å²) in [7, 11) is 0. The molecule has 1 aromatic carbocycles. The zero-order chi connectivity index (χ0) is 12.7. The lowest BCUT2D eigenvalue weighted by atomic mass is 9.80. The lowest BCUT2D eigenvalue weighted by molar-refractivity contribution is 0.369. The van der Waals surface area contributed by atoms with Crippen LogP contribution in [-0.4, -0.2) is 6.61 Å². The van der Waals surface area contributed by atoms with Crippen molar-refractivity contribution in [3.05, 3.63) is 29.8 Å². The van der Waals surface area contributed by atoms with Crippen LogP contribution >= 0.6 is 0 Å². The molecular formula is C16H22O. The minimum absolute atomic E-state index is 0.237. The summed E-state index contributed by atoms with van der Waals surface area (Å²) in [5.41, 5.74) is 1.60. The quantitative estimate of drug-likeness (QED) is 0.667. The highest BCUT2D eigenvalue weighted by molar-refractivity contribution is 5.31. The Morgan fingerprint density at radius 1 is 1.24 bits per heavy atom. The molecule has 0 aliphatic carbocycles. The van der Waals surface area contributed by atoms with Crippen molar-refractivity contribution in [3.8, 4) is 18.1 Å². The first-order chi connectivity index (χ1) is 8.10. The molecule has 0 aliphatic heterocycles. The average molecular weight is 230 g/mol. The van der Waals surface area contributed by atoms with Gasteiger partial charge < -0.3 is 4.74 Å². The highest BCUT2D eigenvalue weighted by Gasteiger charge is 2.19. The third-order valence-electron chi connectivity index (χ3n) is 3.11. The van der Waals surface area contributed by atoms with Crippen molar-refractivity contribution in [3.63, 3.8) is 0 Å². The van der Waals surface area contributed by atoms with E-state index in [4.69, 9.17) is 11.2 Å². The second-order valence-electron chi connectivity index (χ2n) is 5.00. The van der Waals surface area contributed by atoms with Gasteiger partial charge in [0.05, 0.1) is 0 Å². The van der Waals surface area contributed by atoms with Crippen LogP contribution in [0.5, 0.6) is 5.75 Å². The second kappa shape index (κ2) is 6.35. The molecule has 0 saturated carbocycles. The summed E-state index contributed by atoms with van der Waals surface area (Å²) in [6.07, 6.45) is 8.88. The summed E-state index contributed by atoms with van der Waals surface area (Å²) >= 11 is 0. The molecule has 0 radical (unpaired) electrons. The molecule has 0 aliphatic rings. The van der Waals surface area contributed by atoms with Crippen molar-refractivity contribution in [1.29, 1.82) is 0 Å². The molecule has 0 aromatic heterocycles. The molecule has 0 saturated heterocycles. The van der Waals surface area contributed by atoms with Gasteiger partial charge in [0.25, 0.3) is 0 Å². The molecule has 0 amide bonds. The summed E-state index contributed by atoms with van der Waals surface area (Å²) in [5.74, 6) is 3.31. The van der Waals surface area contributed by atoms with Gasteiger partial charge in [-0.1, -0.05) is 51.7 Å². The van der Waals surface area contributed by atoms with E-state index in [0.717, 1.165) is 5.75 Å². The van der Waals surface area contributed by atoms with Crippen LogP contribution in [0.1, 0.15) is 45.6 Å². The molecule has 1 rings (SSSR count). The fourth-order valence-electron chi connectivity index (χ4n) is 1.89. The number of hydrogen-bond donors (Lipinski definition) is 0. The molecule has 1 aromatic rings. The fraction of sp³-hybridized carbons (Fsp3) is 0.500. The monoisotopic (exact) mass is 230 g/mol. The average Bonchev–Trinajstić information content (AvgIpc) is 2.34. The van der Waals surface area contributed by atoms with Crippen LogP contribution in [0, 0.1) is 12.3 Å². The molecule has 0 N–H and O–H groups in total. The van der Waals surface area contributed by atoms with Gasteiger partial charge in [0.15, 0.2) is 0 Å². The highest BCUT2D eigenvalue weighted by atomic mass is 16.5. The molecule has 0 atom stereocenters. The largest absolute Gasteiger partial charge is 0.481 e. The Kier molecular flexibility index (Phi) is 5.10. The van der Waals surface area contributed by atoms with Crippen LogP contribution in [0.15, 0.2) is 24.3 Å². The minimum atomic E-state index is 0.237. The van der Waals surface area contributed by atoms with Crippen LogP contribution in [0.4, 0.5) is 0 Å². The Hall–Kier alpha value is -1.42. The van der Waals surface area contributed by atoms with E-state index < -0.39 is 0 Å². The van der Waals surface area contributed by atoms with E-state index in [1.807, 2.05) is 12.1 Å². The lowest BCUT2D eigenvalue weighted by Crippen LogP contribution is -2.16. The third-order valence-corrected chi connectivity index (χ3v) is 3.11. The summed E-state index contributed by atoms with van der Waals surface area (Å²) < 4.78 is 5.37. The highest BCUT2D eigenvalue weighted by Crippen LogP contribution is 2.30. The summed E-state index contributed by atoms with van der Waals surface area (Å²) in [5, 5.41) is 0. The number of unbranched alkanes of at least 4 members (excludes halogenated alkanes) is 1. The minimum Gasteiger partial charge on any atom is -0.481 e. The summed E-state index contributed by atoms with van der Waals surface area (Å²) in [4.78, 5) is 0. The number of terminal acetylenes is 1. The molecule has 0 heterocycles. The first-order valence-corrected chi connectivity index (χ1v) is 6.27. The molecule has 0 unspecified atom stereocenters. The van der Waals surface area contributed by atoms with Crippen LogP contribution < -0.4 is 4.74 Å². The maximum Gasteiger partial charge on any atom is 0.148 e. The van der Waals surface area contributed by atoms with Crippen molar-refractivity contribution in [2.24, 2.45) is 0 Å². The van der Waals surface area contributed by atoms with Crippen molar-refractivity contribution in [1.82, 2.24) is 0 Å². The predicted molar refractivity (Wildman–Crippen MR) is 73.3 cm³/mol. The molecule has 17 heavy (non-hydrogen) atoms. The Bertz CT molecular complexity index is 368. The number of hydrogen-bond acceptors (Lipinski definition) is 1. The standard InChI is InChI=1S/C16H22O/c1-5-7-12-16(3,4)14-8-10-15(11-9-14)17-13-6-2/h2,8-11H,5,7,12-13H2,1,3-4H3. The number of ether oxygens (including phenoxy) is 1. The maximum atomic E-state index is 5.37. The Morgan fingerprint density at radius 2 is 1.88 bits per heavy atom. The zero-order valence-corrected chi connectivity index (χ0v) is 11.1. The normalized spacial score (nSPS) is 10.9. The second-order valence-corrected chi connectivity index (χ2v) is 5.00. The van der Waals surface area contributed by atoms with Crippen LogP contribution in [0.3, 0.4) is 0 Å². The smallest absolute Gasteiger partial charge is 0.148 e. The van der Waals surface area contributed by atoms with Crippen molar-refractivity contribution in [2.45, 2.75) is 45.4 Å². The van der Waals surface area contributed by atoms with Gasteiger partial charge in [0.1, 0.15) is 12.4 Å².